The molecule has 3 rings (SSSR count). The van der Waals surface area contributed by atoms with Crippen molar-refractivity contribution < 1.29 is 0 Å². The molecule has 0 aliphatic carbocycles. The van der Waals surface area contributed by atoms with Crippen LogP contribution in [0.25, 0.3) is 20.2 Å². The standard InChI is InChI=1S/C28H38Br2S/c1-3-5-7-9-11-13-15-21-17-27-23(19-25(21)29)24-20-26(30)22(18-28(24)31-27)16-14-12-10-8-6-4-2/h17-20H,3-16H2,1-2H3. The second-order valence-corrected chi connectivity index (χ2v) is 11.8. The van der Waals surface area contributed by atoms with Crippen LogP contribution in [0.5, 0.6) is 0 Å². The second kappa shape index (κ2) is 13.4. The molecule has 0 amide bonds. The summed E-state index contributed by atoms with van der Waals surface area (Å²) >= 11 is 9.70. The molecule has 0 saturated heterocycles. The average molecular weight is 566 g/mol. The van der Waals surface area contributed by atoms with E-state index in [1.165, 1.54) is 130 Å². The van der Waals surface area contributed by atoms with Crippen LogP contribution in [0.15, 0.2) is 33.2 Å². The van der Waals surface area contributed by atoms with E-state index in [0.717, 1.165) is 0 Å². The summed E-state index contributed by atoms with van der Waals surface area (Å²) in [4.78, 5) is 0. The number of rotatable bonds is 14. The maximum Gasteiger partial charge on any atom is 0.0358 e. The molecule has 0 nitrogen and oxygen atoms in total. The SMILES string of the molecule is CCCCCCCCc1cc2sc3cc(CCCCCCCC)c(Br)cc3c2cc1Br. The highest BCUT2D eigenvalue weighted by Crippen LogP contribution is 2.40. The maximum atomic E-state index is 3.87. The molecule has 0 N–H and O–H groups in total. The Kier molecular flexibility index (Phi) is 10.9. The quantitative estimate of drug-likeness (QED) is 0.170. The van der Waals surface area contributed by atoms with Crippen molar-refractivity contribution in [2.45, 2.75) is 104 Å². The minimum absolute atomic E-state index is 1.18. The summed E-state index contributed by atoms with van der Waals surface area (Å²) in [6.45, 7) is 4.57. The van der Waals surface area contributed by atoms with Crippen LogP contribution in [0.1, 0.15) is 102 Å². The topological polar surface area (TPSA) is 0 Å². The Hall–Kier alpha value is -0.380. The van der Waals surface area contributed by atoms with Gasteiger partial charge in [0, 0.05) is 29.1 Å². The van der Waals surface area contributed by atoms with Crippen molar-refractivity contribution >= 4 is 63.4 Å². The first-order valence-corrected chi connectivity index (χ1v) is 14.9. The number of halogens is 2. The van der Waals surface area contributed by atoms with Crippen LogP contribution < -0.4 is 0 Å². The van der Waals surface area contributed by atoms with Crippen LogP contribution in [0, 0.1) is 0 Å². The van der Waals surface area contributed by atoms with Gasteiger partial charge < -0.3 is 0 Å². The van der Waals surface area contributed by atoms with E-state index in [1.807, 2.05) is 11.3 Å². The molecular weight excluding hydrogens is 528 g/mol. The molecule has 3 heteroatoms. The molecule has 3 aromatic rings. The van der Waals surface area contributed by atoms with Crippen molar-refractivity contribution in [3.05, 3.63) is 44.3 Å². The lowest BCUT2D eigenvalue weighted by Crippen LogP contribution is -1.89. The van der Waals surface area contributed by atoms with E-state index in [4.69, 9.17) is 0 Å². The fraction of sp³-hybridized carbons (Fsp3) is 0.571. The number of hydrogen-bond donors (Lipinski definition) is 0. The largest absolute Gasteiger partial charge is 0.135 e. The Labute approximate surface area is 210 Å². The molecule has 31 heavy (non-hydrogen) atoms. The summed E-state index contributed by atoms with van der Waals surface area (Å²) < 4.78 is 5.42. The molecule has 0 saturated carbocycles. The second-order valence-electron chi connectivity index (χ2n) is 9.02. The summed E-state index contributed by atoms with van der Waals surface area (Å²) in [5.41, 5.74) is 2.95. The normalized spacial score (nSPS) is 11.7. The Balaban J connectivity index is 1.67. The van der Waals surface area contributed by atoms with Gasteiger partial charge in [0.05, 0.1) is 0 Å². The highest BCUT2D eigenvalue weighted by atomic mass is 79.9. The Morgan fingerprint density at radius 1 is 0.548 bits per heavy atom. The predicted octanol–water partition coefficient (Wildman–Crippen LogP) is 11.4. The third-order valence-electron chi connectivity index (χ3n) is 6.41. The van der Waals surface area contributed by atoms with Gasteiger partial charge in [-0.25, -0.2) is 0 Å². The molecule has 0 fully saturated rings. The fourth-order valence-corrected chi connectivity index (χ4v) is 6.75. The number of aryl methyl sites for hydroxylation is 2. The van der Waals surface area contributed by atoms with Gasteiger partial charge in [0.25, 0.3) is 0 Å². The number of benzene rings is 2. The van der Waals surface area contributed by atoms with Crippen molar-refractivity contribution in [2.24, 2.45) is 0 Å². The molecule has 0 aliphatic heterocycles. The van der Waals surface area contributed by atoms with Gasteiger partial charge in [-0.15, -0.1) is 11.3 Å². The lowest BCUT2D eigenvalue weighted by molar-refractivity contribution is 0.607. The van der Waals surface area contributed by atoms with E-state index in [9.17, 15) is 0 Å². The molecule has 1 heterocycles. The van der Waals surface area contributed by atoms with Crippen LogP contribution in [0.2, 0.25) is 0 Å². The lowest BCUT2D eigenvalue weighted by Gasteiger charge is -2.07. The summed E-state index contributed by atoms with van der Waals surface area (Å²) in [6, 6.07) is 9.61. The number of hydrogen-bond acceptors (Lipinski definition) is 1. The van der Waals surface area contributed by atoms with E-state index < -0.39 is 0 Å². The molecule has 2 aromatic carbocycles. The highest BCUT2D eigenvalue weighted by molar-refractivity contribution is 9.10. The highest BCUT2D eigenvalue weighted by Gasteiger charge is 2.12. The van der Waals surface area contributed by atoms with Crippen LogP contribution in [0.4, 0.5) is 0 Å². The summed E-state index contributed by atoms with van der Waals surface area (Å²) in [5, 5.41) is 2.79. The van der Waals surface area contributed by atoms with Gasteiger partial charge in [-0.05, 0) is 61.1 Å². The fourth-order valence-electron chi connectivity index (χ4n) is 4.47. The zero-order chi connectivity index (χ0) is 22.1. The lowest BCUT2D eigenvalue weighted by atomic mass is 10.0. The molecule has 170 valence electrons. The Morgan fingerprint density at radius 3 is 1.35 bits per heavy atom. The number of thiophene rings is 1. The summed E-state index contributed by atoms with van der Waals surface area (Å²) in [7, 11) is 0. The first-order valence-electron chi connectivity index (χ1n) is 12.5. The van der Waals surface area contributed by atoms with Gasteiger partial charge in [0.2, 0.25) is 0 Å². The van der Waals surface area contributed by atoms with Crippen LogP contribution in [-0.4, -0.2) is 0 Å². The summed E-state index contributed by atoms with van der Waals surface area (Å²) in [5.74, 6) is 0. The van der Waals surface area contributed by atoms with E-state index in [0.29, 0.717) is 0 Å². The number of fused-ring (bicyclic) bond motifs is 3. The minimum atomic E-state index is 1.18. The van der Waals surface area contributed by atoms with Gasteiger partial charge in [0.15, 0.2) is 0 Å². The smallest absolute Gasteiger partial charge is 0.0358 e. The van der Waals surface area contributed by atoms with Gasteiger partial charge in [-0.3, -0.25) is 0 Å². The molecule has 0 spiro atoms. The third-order valence-corrected chi connectivity index (χ3v) is 9.00. The third kappa shape index (κ3) is 7.30. The molecule has 0 aliphatic rings. The monoisotopic (exact) mass is 564 g/mol. The predicted molar refractivity (Wildman–Crippen MR) is 149 cm³/mol. The number of unbranched alkanes of at least 4 members (excludes halogenated alkanes) is 10. The molecule has 0 radical (unpaired) electrons. The summed E-state index contributed by atoms with van der Waals surface area (Å²) in [6.07, 6.45) is 18.6. The molecule has 0 bridgehead atoms. The Morgan fingerprint density at radius 2 is 0.935 bits per heavy atom. The molecule has 1 aromatic heterocycles. The van der Waals surface area contributed by atoms with Crippen molar-refractivity contribution in [1.29, 1.82) is 0 Å². The maximum absolute atomic E-state index is 3.87. The van der Waals surface area contributed by atoms with Crippen molar-refractivity contribution in [3.63, 3.8) is 0 Å². The van der Waals surface area contributed by atoms with Crippen molar-refractivity contribution in [3.8, 4) is 0 Å². The van der Waals surface area contributed by atoms with Crippen molar-refractivity contribution in [1.82, 2.24) is 0 Å². The zero-order valence-corrected chi connectivity index (χ0v) is 23.4. The first kappa shape index (κ1) is 25.2. The van der Waals surface area contributed by atoms with Gasteiger partial charge in [0.1, 0.15) is 0 Å². The van der Waals surface area contributed by atoms with E-state index in [-0.39, 0.29) is 0 Å². The molecule has 0 unspecified atom stereocenters. The van der Waals surface area contributed by atoms with E-state index >= 15 is 0 Å². The zero-order valence-electron chi connectivity index (χ0n) is 19.4. The van der Waals surface area contributed by atoms with Gasteiger partial charge in [-0.2, -0.15) is 0 Å². The van der Waals surface area contributed by atoms with E-state index in [2.05, 4.69) is 70.0 Å². The Bertz CT molecular complexity index is 880. The van der Waals surface area contributed by atoms with Crippen molar-refractivity contribution in [2.75, 3.05) is 0 Å². The molecular formula is C28H38Br2S. The van der Waals surface area contributed by atoms with Gasteiger partial charge >= 0.3 is 0 Å². The van der Waals surface area contributed by atoms with Crippen LogP contribution in [0.3, 0.4) is 0 Å². The molecule has 0 atom stereocenters. The van der Waals surface area contributed by atoms with Crippen LogP contribution >= 0.6 is 43.2 Å². The van der Waals surface area contributed by atoms with E-state index in [1.54, 1.807) is 0 Å². The van der Waals surface area contributed by atoms with Gasteiger partial charge in [-0.1, -0.05) is 110 Å². The minimum Gasteiger partial charge on any atom is -0.135 e. The van der Waals surface area contributed by atoms with Crippen LogP contribution in [-0.2, 0) is 12.8 Å². The first-order chi connectivity index (χ1) is 15.1. The average Bonchev–Trinajstić information content (AvgIpc) is 3.09.